The summed E-state index contributed by atoms with van der Waals surface area (Å²) in [5, 5.41) is 10.0. The van der Waals surface area contributed by atoms with Gasteiger partial charge in [-0.3, -0.25) is 0 Å². The number of benzene rings is 1. The molecule has 1 aromatic rings. The molecule has 0 spiro atoms. The van der Waals surface area contributed by atoms with E-state index < -0.39 is 16.9 Å². The van der Waals surface area contributed by atoms with E-state index in [9.17, 15) is 13.5 Å². The van der Waals surface area contributed by atoms with Crippen LogP contribution >= 0.6 is 0 Å². The lowest BCUT2D eigenvalue weighted by Crippen LogP contribution is -2.07. The van der Waals surface area contributed by atoms with E-state index in [0.29, 0.717) is 5.56 Å². The maximum absolute atomic E-state index is 11.2. The first-order valence-electron chi connectivity index (χ1n) is 3.61. The Morgan fingerprint density at radius 1 is 1.31 bits per heavy atom. The average Bonchev–Trinajstić information content (AvgIpc) is 2.04. The van der Waals surface area contributed by atoms with Crippen molar-refractivity contribution in [3.63, 3.8) is 0 Å². The molecule has 13 heavy (non-hydrogen) atoms. The van der Waals surface area contributed by atoms with Crippen LogP contribution in [0.15, 0.2) is 29.2 Å². The van der Waals surface area contributed by atoms with Crippen LogP contribution in [-0.4, -0.2) is 15.2 Å². The second-order valence-electron chi connectivity index (χ2n) is 2.46. The number of rotatable bonds is 3. The van der Waals surface area contributed by atoms with E-state index in [-0.39, 0.29) is 4.90 Å². The highest BCUT2D eigenvalue weighted by Gasteiger charge is 2.16. The fraction of sp³-hybridized carbons (Fsp3) is 0.250. The molecule has 1 rings (SSSR count). The molecule has 5 heteroatoms. The zero-order chi connectivity index (χ0) is 9.90. The average molecular weight is 201 g/mol. The van der Waals surface area contributed by atoms with Gasteiger partial charge in [-0.2, -0.15) is 8.42 Å². The van der Waals surface area contributed by atoms with E-state index in [4.69, 9.17) is 0 Å². The minimum Gasteiger partial charge on any atom is -0.234 e. The van der Waals surface area contributed by atoms with Crippen LogP contribution in [-0.2, 0) is 19.4 Å². The molecule has 71 valence electrons. The molecular formula is C8H9O4S. The lowest BCUT2D eigenvalue weighted by Gasteiger charge is -2.04. The van der Waals surface area contributed by atoms with E-state index in [1.807, 2.05) is 0 Å². The first-order chi connectivity index (χ1) is 6.08. The van der Waals surface area contributed by atoms with Crippen molar-refractivity contribution in [1.82, 2.24) is 0 Å². The van der Waals surface area contributed by atoms with Crippen molar-refractivity contribution in [2.75, 3.05) is 6.79 Å². The normalized spacial score (nSPS) is 11.5. The van der Waals surface area contributed by atoms with E-state index in [2.05, 4.69) is 4.18 Å². The fourth-order valence-electron chi connectivity index (χ4n) is 0.964. The summed E-state index contributed by atoms with van der Waals surface area (Å²) in [5.74, 6) is 0. The Labute approximate surface area is 76.9 Å². The molecule has 0 saturated carbocycles. The summed E-state index contributed by atoms with van der Waals surface area (Å²) in [6.45, 7) is 0.553. The predicted octanol–water partition coefficient (Wildman–Crippen LogP) is 1.09. The van der Waals surface area contributed by atoms with E-state index in [1.165, 1.54) is 6.07 Å². The predicted molar refractivity (Wildman–Crippen MR) is 45.0 cm³/mol. The SMILES string of the molecule is Cc1ccccc1S(=O)(=O)OC[O]. The number of aryl methyl sites for hydroxylation is 1. The van der Waals surface area contributed by atoms with Crippen LogP contribution in [0.5, 0.6) is 0 Å². The lowest BCUT2D eigenvalue weighted by atomic mass is 10.2. The molecule has 1 aromatic carbocycles. The van der Waals surface area contributed by atoms with Gasteiger partial charge in [0, 0.05) is 0 Å². The third-order valence-corrected chi connectivity index (χ3v) is 2.97. The van der Waals surface area contributed by atoms with Crippen LogP contribution in [0, 0.1) is 6.92 Å². The molecule has 0 amide bonds. The summed E-state index contributed by atoms with van der Waals surface area (Å²) in [6, 6.07) is 6.33. The van der Waals surface area contributed by atoms with Crippen LogP contribution in [0.2, 0.25) is 0 Å². The molecule has 4 nitrogen and oxygen atoms in total. The van der Waals surface area contributed by atoms with Crippen molar-refractivity contribution < 1.29 is 17.7 Å². The molecular weight excluding hydrogens is 192 g/mol. The number of hydrogen-bond acceptors (Lipinski definition) is 3. The maximum Gasteiger partial charge on any atom is 0.299 e. The first kappa shape index (κ1) is 10.2. The van der Waals surface area contributed by atoms with Gasteiger partial charge in [0.15, 0.2) is 6.79 Å². The van der Waals surface area contributed by atoms with Crippen molar-refractivity contribution in [2.45, 2.75) is 11.8 Å². The van der Waals surface area contributed by atoms with Gasteiger partial charge in [-0.1, -0.05) is 18.2 Å². The monoisotopic (exact) mass is 201 g/mol. The van der Waals surface area contributed by atoms with Crippen LogP contribution < -0.4 is 0 Å². The van der Waals surface area contributed by atoms with Crippen LogP contribution in [0.25, 0.3) is 0 Å². The summed E-state index contributed by atoms with van der Waals surface area (Å²) < 4.78 is 26.6. The van der Waals surface area contributed by atoms with Gasteiger partial charge in [-0.15, -0.1) is 0 Å². The molecule has 0 aliphatic carbocycles. The highest BCUT2D eigenvalue weighted by molar-refractivity contribution is 7.86. The van der Waals surface area contributed by atoms with Crippen molar-refractivity contribution in [3.8, 4) is 0 Å². The molecule has 0 heterocycles. The standard InChI is InChI=1S/C8H9O4S/c1-7-4-2-3-5-8(7)13(10,11)12-6-9/h2-5H,6H2,1H3. The summed E-state index contributed by atoms with van der Waals surface area (Å²) in [6.07, 6.45) is 0. The topological polar surface area (TPSA) is 63.3 Å². The second-order valence-corrected chi connectivity index (χ2v) is 4.04. The molecule has 0 unspecified atom stereocenters. The van der Waals surface area contributed by atoms with Gasteiger partial charge in [0.25, 0.3) is 10.1 Å². The molecule has 0 N–H and O–H groups in total. The summed E-state index contributed by atoms with van der Waals surface area (Å²) >= 11 is 0. The Hall–Kier alpha value is -0.910. The van der Waals surface area contributed by atoms with Crippen molar-refractivity contribution in [2.24, 2.45) is 0 Å². The smallest absolute Gasteiger partial charge is 0.234 e. The molecule has 0 aromatic heterocycles. The molecule has 0 fully saturated rings. The fourth-order valence-corrected chi connectivity index (χ4v) is 1.93. The van der Waals surface area contributed by atoms with Gasteiger partial charge < -0.3 is 0 Å². The third kappa shape index (κ3) is 2.27. The molecule has 0 bridgehead atoms. The van der Waals surface area contributed by atoms with Crippen LogP contribution in [0.4, 0.5) is 0 Å². The van der Waals surface area contributed by atoms with Gasteiger partial charge in [-0.25, -0.2) is 9.29 Å². The summed E-state index contributed by atoms with van der Waals surface area (Å²) in [7, 11) is -3.85. The van der Waals surface area contributed by atoms with E-state index in [1.54, 1.807) is 25.1 Å². The van der Waals surface area contributed by atoms with Crippen LogP contribution in [0.3, 0.4) is 0 Å². The van der Waals surface area contributed by atoms with Crippen molar-refractivity contribution in [3.05, 3.63) is 29.8 Å². The highest BCUT2D eigenvalue weighted by Crippen LogP contribution is 2.16. The molecule has 1 radical (unpaired) electrons. The summed E-state index contributed by atoms with van der Waals surface area (Å²) in [5.41, 5.74) is 0.566. The first-order valence-corrected chi connectivity index (χ1v) is 5.02. The van der Waals surface area contributed by atoms with E-state index >= 15 is 0 Å². The molecule has 0 aliphatic rings. The van der Waals surface area contributed by atoms with Gasteiger partial charge in [0.05, 0.1) is 4.90 Å². The zero-order valence-electron chi connectivity index (χ0n) is 7.06. The zero-order valence-corrected chi connectivity index (χ0v) is 7.87. The van der Waals surface area contributed by atoms with Gasteiger partial charge >= 0.3 is 0 Å². The Balaban J connectivity index is 3.15. The Morgan fingerprint density at radius 3 is 2.46 bits per heavy atom. The quantitative estimate of drug-likeness (QED) is 0.543. The Kier molecular flexibility index (Phi) is 3.02. The van der Waals surface area contributed by atoms with Gasteiger partial charge in [-0.05, 0) is 18.6 Å². The highest BCUT2D eigenvalue weighted by atomic mass is 32.2. The lowest BCUT2D eigenvalue weighted by molar-refractivity contribution is 0.0427. The third-order valence-electron chi connectivity index (χ3n) is 1.57. The van der Waals surface area contributed by atoms with Gasteiger partial charge in [0.2, 0.25) is 0 Å². The molecule has 0 atom stereocenters. The molecule has 0 aliphatic heterocycles. The second kappa shape index (κ2) is 3.87. The minimum absolute atomic E-state index is 0.0471. The Morgan fingerprint density at radius 2 is 1.92 bits per heavy atom. The largest absolute Gasteiger partial charge is 0.299 e. The Bertz CT molecular complexity index is 383. The van der Waals surface area contributed by atoms with Crippen molar-refractivity contribution >= 4 is 10.1 Å². The van der Waals surface area contributed by atoms with Crippen LogP contribution in [0.1, 0.15) is 5.56 Å². The minimum atomic E-state index is -3.85. The number of hydrogen-bond donors (Lipinski definition) is 0. The summed E-state index contributed by atoms with van der Waals surface area (Å²) in [4.78, 5) is 0.0471. The van der Waals surface area contributed by atoms with Gasteiger partial charge in [0.1, 0.15) is 0 Å². The molecule has 0 saturated heterocycles. The van der Waals surface area contributed by atoms with E-state index in [0.717, 1.165) is 0 Å². The van der Waals surface area contributed by atoms with Crippen molar-refractivity contribution in [1.29, 1.82) is 0 Å². The maximum atomic E-state index is 11.2.